The minimum atomic E-state index is -4.93. The van der Waals surface area contributed by atoms with Crippen molar-refractivity contribution in [3.05, 3.63) is 172 Å². The first kappa shape index (κ1) is 47.3. The summed E-state index contributed by atoms with van der Waals surface area (Å²) in [6.07, 6.45) is -9.06. The van der Waals surface area contributed by atoms with E-state index < -0.39 is 42.8 Å². The van der Waals surface area contributed by atoms with Gasteiger partial charge in [-0.15, -0.1) is 13.2 Å². The second-order valence-electron chi connectivity index (χ2n) is 14.6. The summed E-state index contributed by atoms with van der Waals surface area (Å²) in [6.45, 7) is -1.65. The molecule has 0 amide bonds. The van der Waals surface area contributed by atoms with Crippen molar-refractivity contribution >= 4 is 46.2 Å². The van der Waals surface area contributed by atoms with Gasteiger partial charge >= 0.3 is 30.4 Å². The van der Waals surface area contributed by atoms with E-state index in [4.69, 9.17) is 41.9 Å². The smallest absolute Gasteiger partial charge is 0.484 e. The number of ether oxygens (including phenoxy) is 5. The van der Waals surface area contributed by atoms with Gasteiger partial charge in [0.25, 0.3) is 0 Å². The van der Waals surface area contributed by atoms with Crippen LogP contribution in [-0.4, -0.2) is 43.7 Å². The monoisotopic (exact) mass is 914 g/mol. The first-order valence-electron chi connectivity index (χ1n) is 19.8. The van der Waals surface area contributed by atoms with Gasteiger partial charge in [0.05, 0.1) is 17.7 Å². The Kier molecular flexibility index (Phi) is 14.8. The molecule has 6 rings (SSSR count). The lowest BCUT2D eigenvalue weighted by Gasteiger charge is -2.19. The highest BCUT2D eigenvalue weighted by molar-refractivity contribution is 6.03. The summed E-state index contributed by atoms with van der Waals surface area (Å²) in [5.41, 5.74) is 27.9. The largest absolute Gasteiger partial charge is 0.573 e. The molecule has 0 aliphatic carbocycles. The van der Waals surface area contributed by atoms with Crippen LogP contribution in [0.5, 0.6) is 23.0 Å². The summed E-state index contributed by atoms with van der Waals surface area (Å²) in [5, 5.41) is 0. The average molecular weight is 915 g/mol. The number of anilines is 4. The van der Waals surface area contributed by atoms with Crippen LogP contribution in [-0.2, 0) is 22.4 Å². The molecule has 0 aliphatic heterocycles. The van der Waals surface area contributed by atoms with Crippen molar-refractivity contribution in [2.75, 3.05) is 36.1 Å². The number of nitrogen functional groups attached to an aromatic ring is 4. The van der Waals surface area contributed by atoms with Crippen LogP contribution in [0.15, 0.2) is 139 Å². The second kappa shape index (κ2) is 20.6. The number of hydrogen-bond acceptors (Lipinski definition) is 12. The zero-order valence-electron chi connectivity index (χ0n) is 34.6. The molecule has 12 nitrogen and oxygen atoms in total. The van der Waals surface area contributed by atoms with Crippen molar-refractivity contribution in [2.24, 2.45) is 0 Å². The Balaban J connectivity index is 1.39. The summed E-state index contributed by atoms with van der Waals surface area (Å²) in [6, 6.07) is 31.0. The van der Waals surface area contributed by atoms with E-state index in [0.29, 0.717) is 39.4 Å². The fourth-order valence-electron chi connectivity index (χ4n) is 6.64. The highest BCUT2D eigenvalue weighted by Gasteiger charge is 2.31. The standard InChI is InChI=1S/C48H40F6N4O8/c49-47(50,51)27-63-37-12-8-32(9-13-37)45(60)65-42-4-2-1-3-40(42)43(30-6-14-38(15-7-30)64-44(59)31-10-16-39(17-11-31)66-48(52,53)54)41(18-5-28-21-33(55)25-34(56)22-28)46(61)62-20-19-29-23-35(57)26-36(58)24-29/h1-4,6-17,21-26H,5,18-20,27,55-58H2/b43-41-. The molecule has 0 aromatic heterocycles. The van der Waals surface area contributed by atoms with Crippen LogP contribution in [0.25, 0.3) is 5.57 Å². The third-order valence-corrected chi connectivity index (χ3v) is 9.44. The van der Waals surface area contributed by atoms with Crippen molar-refractivity contribution < 1.29 is 64.4 Å². The van der Waals surface area contributed by atoms with Gasteiger partial charge in [-0.05, 0) is 133 Å². The molecule has 18 heteroatoms. The van der Waals surface area contributed by atoms with Crippen molar-refractivity contribution in [3.8, 4) is 23.0 Å². The van der Waals surface area contributed by atoms with Gasteiger partial charge in [-0.1, -0.05) is 30.3 Å². The van der Waals surface area contributed by atoms with Gasteiger partial charge in [0.2, 0.25) is 0 Å². The van der Waals surface area contributed by atoms with Crippen molar-refractivity contribution in [1.29, 1.82) is 0 Å². The number of esters is 3. The van der Waals surface area contributed by atoms with Crippen LogP contribution < -0.4 is 41.9 Å². The molecule has 0 radical (unpaired) electrons. The van der Waals surface area contributed by atoms with E-state index in [0.717, 1.165) is 24.3 Å². The Morgan fingerprint density at radius 2 is 1.02 bits per heavy atom. The van der Waals surface area contributed by atoms with Crippen LogP contribution in [0.2, 0.25) is 0 Å². The van der Waals surface area contributed by atoms with Gasteiger partial charge < -0.3 is 46.6 Å². The van der Waals surface area contributed by atoms with E-state index in [9.17, 15) is 40.7 Å². The molecular formula is C48H40F6N4O8. The normalized spacial score (nSPS) is 11.8. The highest BCUT2D eigenvalue weighted by Crippen LogP contribution is 2.37. The van der Waals surface area contributed by atoms with Crippen molar-refractivity contribution in [1.82, 2.24) is 0 Å². The van der Waals surface area contributed by atoms with Gasteiger partial charge in [0, 0.05) is 45.9 Å². The van der Waals surface area contributed by atoms with E-state index in [1.807, 2.05) is 0 Å². The Morgan fingerprint density at radius 1 is 0.530 bits per heavy atom. The average Bonchev–Trinajstić information content (AvgIpc) is 3.24. The van der Waals surface area contributed by atoms with E-state index in [1.54, 1.807) is 54.6 Å². The Morgan fingerprint density at radius 3 is 1.56 bits per heavy atom. The fraction of sp³-hybridized carbons (Fsp3) is 0.146. The molecule has 0 aliphatic rings. The molecule has 0 saturated heterocycles. The number of carbonyl (C=O) groups excluding carboxylic acids is 3. The fourth-order valence-corrected chi connectivity index (χ4v) is 6.64. The van der Waals surface area contributed by atoms with Crippen LogP contribution >= 0.6 is 0 Å². The third kappa shape index (κ3) is 13.7. The summed E-state index contributed by atoms with van der Waals surface area (Å²) in [7, 11) is 0. The molecule has 66 heavy (non-hydrogen) atoms. The molecular weight excluding hydrogens is 875 g/mol. The van der Waals surface area contributed by atoms with Gasteiger partial charge in [-0.3, -0.25) is 0 Å². The van der Waals surface area contributed by atoms with E-state index >= 15 is 0 Å². The number of hydrogen-bond donors (Lipinski definition) is 4. The molecule has 0 heterocycles. The molecule has 0 saturated carbocycles. The highest BCUT2D eigenvalue weighted by atomic mass is 19.4. The Bertz CT molecular complexity index is 2680. The topological polar surface area (TPSA) is 201 Å². The third-order valence-electron chi connectivity index (χ3n) is 9.44. The van der Waals surface area contributed by atoms with Crippen LogP contribution in [0.4, 0.5) is 49.1 Å². The van der Waals surface area contributed by atoms with Gasteiger partial charge in [0.15, 0.2) is 6.61 Å². The molecule has 8 N–H and O–H groups in total. The van der Waals surface area contributed by atoms with Gasteiger partial charge in [-0.25, -0.2) is 14.4 Å². The minimum Gasteiger partial charge on any atom is -0.484 e. The lowest BCUT2D eigenvalue weighted by molar-refractivity contribution is -0.274. The quantitative estimate of drug-likeness (QED) is 0.0236. The number of carbonyl (C=O) groups is 3. The molecule has 0 unspecified atom stereocenters. The van der Waals surface area contributed by atoms with Crippen LogP contribution in [0, 0.1) is 0 Å². The maximum absolute atomic E-state index is 14.5. The maximum Gasteiger partial charge on any atom is 0.573 e. The van der Waals surface area contributed by atoms with Gasteiger partial charge in [-0.2, -0.15) is 13.2 Å². The van der Waals surface area contributed by atoms with E-state index in [1.165, 1.54) is 54.6 Å². The lowest BCUT2D eigenvalue weighted by Crippen LogP contribution is -2.19. The first-order valence-corrected chi connectivity index (χ1v) is 19.8. The van der Waals surface area contributed by atoms with Crippen molar-refractivity contribution in [2.45, 2.75) is 31.8 Å². The summed E-state index contributed by atoms with van der Waals surface area (Å²) >= 11 is 0. The molecule has 6 aromatic carbocycles. The van der Waals surface area contributed by atoms with Crippen LogP contribution in [0.3, 0.4) is 0 Å². The number of para-hydroxylation sites is 1. The number of rotatable bonds is 16. The molecule has 0 fully saturated rings. The minimum absolute atomic E-state index is 0.00868. The summed E-state index contributed by atoms with van der Waals surface area (Å²) < 4.78 is 102. The Labute approximate surface area is 373 Å². The zero-order valence-corrected chi connectivity index (χ0v) is 34.6. The molecule has 0 spiro atoms. The van der Waals surface area contributed by atoms with Gasteiger partial charge in [0.1, 0.15) is 23.0 Å². The molecule has 0 bridgehead atoms. The molecule has 0 atom stereocenters. The van der Waals surface area contributed by atoms with E-state index in [2.05, 4.69) is 4.74 Å². The van der Waals surface area contributed by atoms with Crippen molar-refractivity contribution in [3.63, 3.8) is 0 Å². The number of alkyl halides is 6. The summed E-state index contributed by atoms with van der Waals surface area (Å²) in [5.74, 6) is -3.25. The predicted octanol–water partition coefficient (Wildman–Crippen LogP) is 9.51. The SMILES string of the molecule is Nc1cc(N)cc(CCOC(=O)/C(CCc2cc(N)cc(N)c2)=C(/c2ccc(OC(=O)c3ccc(OC(F)(F)F)cc3)cc2)c2ccccc2OC(=O)c2ccc(OCC(F)(F)F)cc2)c1. The first-order chi connectivity index (χ1) is 31.3. The number of benzene rings is 6. The van der Waals surface area contributed by atoms with Crippen LogP contribution in [0.1, 0.15) is 49.4 Å². The molecule has 6 aromatic rings. The zero-order chi connectivity index (χ0) is 47.6. The molecule has 342 valence electrons. The predicted molar refractivity (Wildman–Crippen MR) is 233 cm³/mol. The second-order valence-corrected chi connectivity index (χ2v) is 14.6. The Hall–Kier alpha value is -8.15. The lowest BCUT2D eigenvalue weighted by atomic mass is 9.89. The van der Waals surface area contributed by atoms with E-state index in [-0.39, 0.29) is 71.0 Å². The number of aryl methyl sites for hydroxylation is 1. The maximum atomic E-state index is 14.5. The number of halogens is 6. The number of nitrogens with two attached hydrogens (primary N) is 4. The summed E-state index contributed by atoms with van der Waals surface area (Å²) in [4.78, 5) is 41.1.